The molecule has 6 nitrogen and oxygen atoms in total. The molecule has 2 radical (unpaired) electrons. The Hall–Kier alpha value is -3.61. The quantitative estimate of drug-likeness (QED) is 0.455. The van der Waals surface area contributed by atoms with Gasteiger partial charge in [-0.25, -0.2) is 9.97 Å². The predicted molar refractivity (Wildman–Crippen MR) is 107 cm³/mol. The van der Waals surface area contributed by atoms with E-state index in [1.54, 1.807) is 18.7 Å². The van der Waals surface area contributed by atoms with Gasteiger partial charge >= 0.3 is 0 Å². The van der Waals surface area contributed by atoms with Crippen molar-refractivity contribution in [3.8, 4) is 22.9 Å². The molecule has 0 amide bonds. The number of ether oxygens (including phenoxy) is 1. The molecule has 0 unspecified atom stereocenters. The van der Waals surface area contributed by atoms with E-state index in [1.807, 2.05) is 54.8 Å². The molecule has 0 aliphatic heterocycles. The molecule has 5 aromatic rings. The first-order valence-electron chi connectivity index (χ1n) is 8.82. The third-order valence-corrected chi connectivity index (χ3v) is 4.75. The Bertz CT molecular complexity index is 1340. The summed E-state index contributed by atoms with van der Waals surface area (Å²) in [4.78, 5) is 13.1. The molecule has 28 heavy (non-hydrogen) atoms. The Morgan fingerprint density at radius 3 is 2.82 bits per heavy atom. The van der Waals surface area contributed by atoms with Gasteiger partial charge in [0.25, 0.3) is 0 Å². The zero-order chi connectivity index (χ0) is 19.3. The van der Waals surface area contributed by atoms with Crippen molar-refractivity contribution in [2.45, 2.75) is 13.8 Å². The molecular weight excluding hydrogens is 351 g/mol. The number of furan rings is 1. The van der Waals surface area contributed by atoms with Crippen molar-refractivity contribution >= 4 is 30.1 Å². The van der Waals surface area contributed by atoms with E-state index in [2.05, 4.69) is 15.0 Å². The Morgan fingerprint density at radius 2 is 1.96 bits per heavy atom. The van der Waals surface area contributed by atoms with E-state index in [9.17, 15) is 0 Å². The van der Waals surface area contributed by atoms with Crippen LogP contribution in [0.3, 0.4) is 0 Å². The second kappa shape index (κ2) is 6.23. The highest BCUT2D eigenvalue weighted by atomic mass is 16.5. The first-order chi connectivity index (χ1) is 13.6. The van der Waals surface area contributed by atoms with Gasteiger partial charge in [-0.05, 0) is 49.7 Å². The topological polar surface area (TPSA) is 65.5 Å². The lowest BCUT2D eigenvalue weighted by Gasteiger charge is -2.14. The molecule has 134 valence electrons. The van der Waals surface area contributed by atoms with Gasteiger partial charge < -0.3 is 9.15 Å². The number of pyridine rings is 1. The Morgan fingerprint density at radius 1 is 1.07 bits per heavy atom. The summed E-state index contributed by atoms with van der Waals surface area (Å²) in [6, 6.07) is 9.57. The Balaban J connectivity index is 1.58. The average Bonchev–Trinajstić information content (AvgIpc) is 3.33. The summed E-state index contributed by atoms with van der Waals surface area (Å²) in [7, 11) is 6.00. The normalized spacial score (nSPS) is 11.4. The SMILES string of the molecule is [B]c1nc(C)c(-c2ccc(Oc3nccc4occc34)cc2C)n2ccnc12. The standard InChI is InChI=1S/C21H15BN4O2/c1-12-11-14(28-21-16-6-10-27-17(16)5-7-24-21)3-4-15(12)18-13(2)25-19(22)20-23-8-9-26(18)20/h3-11H,1-2H3. The van der Waals surface area contributed by atoms with Crippen LogP contribution in [0.4, 0.5) is 0 Å². The van der Waals surface area contributed by atoms with Crippen LogP contribution >= 0.6 is 0 Å². The predicted octanol–water partition coefficient (Wildman–Crippen LogP) is 3.74. The van der Waals surface area contributed by atoms with Gasteiger partial charge in [0.15, 0.2) is 0 Å². The van der Waals surface area contributed by atoms with E-state index in [0.29, 0.717) is 22.9 Å². The van der Waals surface area contributed by atoms with Gasteiger partial charge in [-0.3, -0.25) is 9.38 Å². The summed E-state index contributed by atoms with van der Waals surface area (Å²) >= 11 is 0. The number of hydrogen-bond acceptors (Lipinski definition) is 5. The first-order valence-corrected chi connectivity index (χ1v) is 8.82. The maximum atomic E-state index is 6.02. The van der Waals surface area contributed by atoms with Gasteiger partial charge in [-0.15, -0.1) is 0 Å². The third kappa shape index (κ3) is 2.55. The number of nitrogens with zero attached hydrogens (tertiary/aromatic N) is 4. The average molecular weight is 366 g/mol. The van der Waals surface area contributed by atoms with E-state index >= 15 is 0 Å². The molecule has 0 bridgehead atoms. The van der Waals surface area contributed by atoms with E-state index in [0.717, 1.165) is 33.5 Å². The highest BCUT2D eigenvalue weighted by molar-refractivity contribution is 6.34. The number of hydrogen-bond donors (Lipinski definition) is 0. The van der Waals surface area contributed by atoms with Crippen LogP contribution in [0.15, 0.2) is 59.6 Å². The van der Waals surface area contributed by atoms with E-state index < -0.39 is 0 Å². The highest BCUT2D eigenvalue weighted by Gasteiger charge is 2.15. The lowest BCUT2D eigenvalue weighted by atomic mass is 10.0. The number of aryl methyl sites for hydroxylation is 2. The lowest BCUT2D eigenvalue weighted by molar-refractivity contribution is 0.468. The number of rotatable bonds is 3. The fourth-order valence-corrected chi connectivity index (χ4v) is 3.48. The molecule has 7 heteroatoms. The second-order valence-corrected chi connectivity index (χ2v) is 6.58. The van der Waals surface area contributed by atoms with Crippen LogP contribution in [0.2, 0.25) is 0 Å². The molecule has 0 aliphatic rings. The first kappa shape index (κ1) is 16.6. The van der Waals surface area contributed by atoms with Crippen LogP contribution in [0.25, 0.3) is 27.9 Å². The van der Waals surface area contributed by atoms with Crippen molar-refractivity contribution in [2.75, 3.05) is 0 Å². The minimum absolute atomic E-state index is 0.420. The minimum atomic E-state index is 0.420. The molecule has 0 atom stereocenters. The monoisotopic (exact) mass is 366 g/mol. The molecular formula is C21H15BN4O2. The molecule has 4 heterocycles. The maximum absolute atomic E-state index is 6.02. The summed E-state index contributed by atoms with van der Waals surface area (Å²) < 4.78 is 13.4. The van der Waals surface area contributed by atoms with Gasteiger partial charge in [-0.1, -0.05) is 0 Å². The van der Waals surface area contributed by atoms with Crippen LogP contribution in [0.1, 0.15) is 11.3 Å². The molecule has 0 fully saturated rings. The fourth-order valence-electron chi connectivity index (χ4n) is 3.48. The number of aromatic nitrogens is 4. The summed E-state index contributed by atoms with van der Waals surface area (Å²) in [5.41, 5.74) is 5.69. The van der Waals surface area contributed by atoms with Crippen LogP contribution in [0, 0.1) is 13.8 Å². The van der Waals surface area contributed by atoms with E-state index in [1.165, 1.54) is 0 Å². The molecule has 0 saturated heterocycles. The van der Waals surface area contributed by atoms with E-state index in [4.69, 9.17) is 17.0 Å². The molecule has 4 aromatic heterocycles. The minimum Gasteiger partial charge on any atom is -0.464 e. The Labute approximate surface area is 162 Å². The second-order valence-electron chi connectivity index (χ2n) is 6.58. The molecule has 0 saturated carbocycles. The van der Waals surface area contributed by atoms with Crippen molar-refractivity contribution in [2.24, 2.45) is 0 Å². The van der Waals surface area contributed by atoms with Crippen LogP contribution in [-0.2, 0) is 0 Å². The summed E-state index contributed by atoms with van der Waals surface area (Å²) in [6.45, 7) is 3.98. The number of imidazole rings is 1. The molecule has 0 N–H and O–H groups in total. The third-order valence-electron chi connectivity index (χ3n) is 4.75. The number of benzene rings is 1. The molecule has 5 rings (SSSR count). The largest absolute Gasteiger partial charge is 0.464 e. The van der Waals surface area contributed by atoms with Gasteiger partial charge in [0.05, 0.1) is 23.0 Å². The van der Waals surface area contributed by atoms with Crippen molar-refractivity contribution in [3.63, 3.8) is 0 Å². The molecule has 0 spiro atoms. The smallest absolute Gasteiger partial charge is 0.230 e. The highest BCUT2D eigenvalue weighted by Crippen LogP contribution is 2.32. The van der Waals surface area contributed by atoms with Crippen LogP contribution < -0.4 is 10.3 Å². The van der Waals surface area contributed by atoms with Crippen molar-refractivity contribution in [1.29, 1.82) is 0 Å². The summed E-state index contributed by atoms with van der Waals surface area (Å²) in [5, 5.41) is 0.836. The maximum Gasteiger partial charge on any atom is 0.230 e. The van der Waals surface area contributed by atoms with Crippen molar-refractivity contribution in [1.82, 2.24) is 19.4 Å². The van der Waals surface area contributed by atoms with Gasteiger partial charge in [0.2, 0.25) is 5.88 Å². The lowest BCUT2D eigenvalue weighted by Crippen LogP contribution is -2.16. The molecule has 1 aromatic carbocycles. The van der Waals surface area contributed by atoms with Crippen molar-refractivity contribution in [3.05, 3.63) is 66.4 Å². The van der Waals surface area contributed by atoms with Gasteiger partial charge in [-0.2, -0.15) is 0 Å². The van der Waals surface area contributed by atoms with Crippen LogP contribution in [0.5, 0.6) is 11.6 Å². The van der Waals surface area contributed by atoms with E-state index in [-0.39, 0.29) is 0 Å². The summed E-state index contributed by atoms with van der Waals surface area (Å²) in [5.74, 6) is 1.21. The number of fused-ring (bicyclic) bond motifs is 2. The van der Waals surface area contributed by atoms with Gasteiger partial charge in [0.1, 0.15) is 24.8 Å². The van der Waals surface area contributed by atoms with Crippen LogP contribution in [-0.4, -0.2) is 27.2 Å². The van der Waals surface area contributed by atoms with Crippen molar-refractivity contribution < 1.29 is 9.15 Å². The molecule has 0 aliphatic carbocycles. The Kier molecular flexibility index (Phi) is 3.69. The summed E-state index contributed by atoms with van der Waals surface area (Å²) in [6.07, 6.45) is 6.91. The fraction of sp³-hybridized carbons (Fsp3) is 0.0952. The van der Waals surface area contributed by atoms with Gasteiger partial charge in [0, 0.05) is 29.7 Å². The zero-order valence-electron chi connectivity index (χ0n) is 15.4. The zero-order valence-corrected chi connectivity index (χ0v) is 15.4.